The molecular formula is C21H26N2O3. The van der Waals surface area contributed by atoms with Gasteiger partial charge in [-0.3, -0.25) is 4.79 Å². The molecule has 1 aromatic heterocycles. The fourth-order valence-corrected chi connectivity index (χ4v) is 5.10. The van der Waals surface area contributed by atoms with Crippen LogP contribution in [0.3, 0.4) is 0 Å². The van der Waals surface area contributed by atoms with Crippen LogP contribution in [0, 0.1) is 19.3 Å². The molecule has 26 heavy (non-hydrogen) atoms. The van der Waals surface area contributed by atoms with Gasteiger partial charge in [0.15, 0.2) is 0 Å². The monoisotopic (exact) mass is 354 g/mol. The fraction of sp³-hybridized carbons (Fsp3) is 0.524. The van der Waals surface area contributed by atoms with Gasteiger partial charge in [0.2, 0.25) is 0 Å². The number of aryl methyl sites for hydroxylation is 2. The minimum atomic E-state index is -0.110. The minimum absolute atomic E-state index is 0.0137. The number of carbonyl (C=O) groups excluding carboxylic acids is 1. The summed E-state index contributed by atoms with van der Waals surface area (Å²) in [4.78, 5) is 15.3. The molecule has 0 unspecified atom stereocenters. The van der Waals surface area contributed by atoms with Crippen LogP contribution in [-0.2, 0) is 11.8 Å². The minimum Gasteiger partial charge on any atom is -0.508 e. The molecule has 1 amide bonds. The lowest BCUT2D eigenvalue weighted by Crippen LogP contribution is -2.64. The number of fused-ring (bicyclic) bond motifs is 4. The molecule has 0 radical (unpaired) electrons. The van der Waals surface area contributed by atoms with Crippen molar-refractivity contribution in [1.82, 2.24) is 10.1 Å². The summed E-state index contributed by atoms with van der Waals surface area (Å²) in [6.45, 7) is 11.1. The highest BCUT2D eigenvalue weighted by atomic mass is 16.5. The molecule has 1 aliphatic carbocycles. The SMILES string of the molecule is Cc1noc(C)c1C(=O)N1CC[C@@]2(C)c3cccc(O)c3C[C@@H]1C2(C)C. The van der Waals surface area contributed by atoms with Crippen LogP contribution < -0.4 is 0 Å². The molecule has 138 valence electrons. The summed E-state index contributed by atoms with van der Waals surface area (Å²) in [7, 11) is 0. The Morgan fingerprint density at radius 3 is 2.69 bits per heavy atom. The molecule has 2 aliphatic rings. The standard InChI is InChI=1S/C21H26N2O3/c1-12-18(13(2)26-22-12)19(25)23-10-9-21(5)15-7-6-8-16(24)14(15)11-17(23)20(21,3)4/h6-8,17,24H,9-11H2,1-5H3/t17-,21+/m1/s1. The Kier molecular flexibility index (Phi) is 3.52. The van der Waals surface area contributed by atoms with Gasteiger partial charge < -0.3 is 14.5 Å². The average Bonchev–Trinajstić information content (AvgIpc) is 2.90. The Morgan fingerprint density at radius 2 is 2.04 bits per heavy atom. The lowest BCUT2D eigenvalue weighted by molar-refractivity contribution is -0.0267. The van der Waals surface area contributed by atoms with Gasteiger partial charge in [-0.05, 0) is 49.3 Å². The quantitative estimate of drug-likeness (QED) is 0.847. The normalized spacial score (nSPS) is 26.5. The maximum atomic E-state index is 13.4. The van der Waals surface area contributed by atoms with Gasteiger partial charge >= 0.3 is 0 Å². The van der Waals surface area contributed by atoms with Crippen molar-refractivity contribution in [2.75, 3.05) is 6.54 Å². The van der Waals surface area contributed by atoms with E-state index in [9.17, 15) is 9.90 Å². The first kappa shape index (κ1) is 17.1. The second-order valence-corrected chi connectivity index (χ2v) is 8.52. The molecule has 0 saturated carbocycles. The van der Waals surface area contributed by atoms with Crippen LogP contribution in [0.15, 0.2) is 22.7 Å². The van der Waals surface area contributed by atoms with Crippen molar-refractivity contribution in [3.63, 3.8) is 0 Å². The van der Waals surface area contributed by atoms with Gasteiger partial charge in [0.1, 0.15) is 17.1 Å². The van der Waals surface area contributed by atoms with E-state index < -0.39 is 0 Å². The summed E-state index contributed by atoms with van der Waals surface area (Å²) in [6.07, 6.45) is 1.53. The van der Waals surface area contributed by atoms with Gasteiger partial charge in [0.25, 0.3) is 5.91 Å². The van der Waals surface area contributed by atoms with Crippen molar-refractivity contribution in [2.45, 2.75) is 58.9 Å². The zero-order valence-corrected chi connectivity index (χ0v) is 16.1. The number of nitrogens with zero attached hydrogens (tertiary/aromatic N) is 2. The highest BCUT2D eigenvalue weighted by Crippen LogP contribution is 2.57. The van der Waals surface area contributed by atoms with Crippen LogP contribution in [0.2, 0.25) is 0 Å². The van der Waals surface area contributed by atoms with E-state index >= 15 is 0 Å². The summed E-state index contributed by atoms with van der Waals surface area (Å²) < 4.78 is 5.22. The van der Waals surface area contributed by atoms with E-state index in [1.807, 2.05) is 17.9 Å². The molecule has 2 bridgehead atoms. The maximum Gasteiger partial charge on any atom is 0.259 e. The Morgan fingerprint density at radius 1 is 1.31 bits per heavy atom. The Hall–Kier alpha value is -2.30. The van der Waals surface area contributed by atoms with Gasteiger partial charge in [-0.2, -0.15) is 0 Å². The smallest absolute Gasteiger partial charge is 0.259 e. The number of hydrogen-bond donors (Lipinski definition) is 1. The maximum absolute atomic E-state index is 13.4. The van der Waals surface area contributed by atoms with Gasteiger partial charge in [0.05, 0.1) is 5.69 Å². The topological polar surface area (TPSA) is 66.6 Å². The molecule has 5 nitrogen and oxygen atoms in total. The van der Waals surface area contributed by atoms with E-state index in [2.05, 4.69) is 32.0 Å². The van der Waals surface area contributed by atoms with Gasteiger partial charge in [-0.1, -0.05) is 38.1 Å². The van der Waals surface area contributed by atoms with Gasteiger partial charge in [-0.15, -0.1) is 0 Å². The number of hydrogen-bond acceptors (Lipinski definition) is 4. The predicted molar refractivity (Wildman–Crippen MR) is 98.4 cm³/mol. The number of piperidine rings is 1. The van der Waals surface area contributed by atoms with Crippen LogP contribution >= 0.6 is 0 Å². The van der Waals surface area contributed by atoms with Crippen LogP contribution in [0.25, 0.3) is 0 Å². The number of aromatic nitrogens is 1. The lowest BCUT2D eigenvalue weighted by atomic mass is 9.51. The number of benzene rings is 1. The van der Waals surface area contributed by atoms with Gasteiger partial charge in [-0.25, -0.2) is 0 Å². The summed E-state index contributed by atoms with van der Waals surface area (Å²) in [6, 6.07) is 5.83. The molecule has 2 atom stereocenters. The summed E-state index contributed by atoms with van der Waals surface area (Å²) >= 11 is 0. The van der Waals surface area contributed by atoms with E-state index in [4.69, 9.17) is 4.52 Å². The van der Waals surface area contributed by atoms with E-state index in [0.29, 0.717) is 35.7 Å². The number of amides is 1. The third kappa shape index (κ3) is 2.03. The molecule has 1 fully saturated rings. The third-order valence-electron chi connectivity index (χ3n) is 7.14. The highest BCUT2D eigenvalue weighted by molar-refractivity contribution is 5.96. The number of aromatic hydroxyl groups is 1. The predicted octanol–water partition coefficient (Wildman–Crippen LogP) is 3.75. The third-order valence-corrected chi connectivity index (χ3v) is 7.14. The first-order valence-electron chi connectivity index (χ1n) is 9.23. The molecule has 5 heteroatoms. The van der Waals surface area contributed by atoms with Crippen molar-refractivity contribution >= 4 is 5.91 Å². The molecule has 1 aliphatic heterocycles. The summed E-state index contributed by atoms with van der Waals surface area (Å²) in [5.41, 5.74) is 3.23. The molecule has 1 saturated heterocycles. The summed E-state index contributed by atoms with van der Waals surface area (Å²) in [5.74, 6) is 0.888. The van der Waals surface area contributed by atoms with E-state index in [1.54, 1.807) is 13.0 Å². The lowest BCUT2D eigenvalue weighted by Gasteiger charge is -2.60. The van der Waals surface area contributed by atoms with E-state index in [-0.39, 0.29) is 22.8 Å². The van der Waals surface area contributed by atoms with Crippen molar-refractivity contribution in [3.05, 3.63) is 46.3 Å². The van der Waals surface area contributed by atoms with E-state index in [1.165, 1.54) is 5.56 Å². The molecule has 0 spiro atoms. The second-order valence-electron chi connectivity index (χ2n) is 8.52. The Balaban J connectivity index is 1.82. The van der Waals surface area contributed by atoms with E-state index in [0.717, 1.165) is 12.0 Å². The van der Waals surface area contributed by atoms with Crippen molar-refractivity contribution in [1.29, 1.82) is 0 Å². The highest BCUT2D eigenvalue weighted by Gasteiger charge is 2.57. The summed E-state index contributed by atoms with van der Waals surface area (Å²) in [5, 5.41) is 14.4. The molecular weight excluding hydrogens is 328 g/mol. The number of phenolic OH excluding ortho intramolecular Hbond substituents is 1. The fourth-order valence-electron chi connectivity index (χ4n) is 5.10. The van der Waals surface area contributed by atoms with Crippen LogP contribution in [0.5, 0.6) is 5.75 Å². The molecule has 2 aromatic rings. The van der Waals surface area contributed by atoms with Gasteiger partial charge in [0, 0.05) is 18.0 Å². The van der Waals surface area contributed by atoms with Crippen LogP contribution in [-0.4, -0.2) is 33.7 Å². The molecule has 1 N–H and O–H groups in total. The number of rotatable bonds is 1. The first-order valence-corrected chi connectivity index (χ1v) is 9.23. The zero-order chi connectivity index (χ0) is 18.9. The number of phenols is 1. The number of carbonyl (C=O) groups is 1. The second kappa shape index (κ2) is 5.35. The zero-order valence-electron chi connectivity index (χ0n) is 16.1. The van der Waals surface area contributed by atoms with Crippen LogP contribution in [0.4, 0.5) is 0 Å². The molecule has 1 aromatic carbocycles. The molecule has 2 heterocycles. The Labute approximate surface area is 154 Å². The Bertz CT molecular complexity index is 879. The van der Waals surface area contributed by atoms with Crippen LogP contribution in [0.1, 0.15) is 60.1 Å². The number of likely N-dealkylation sites (tertiary alicyclic amines) is 1. The average molecular weight is 354 g/mol. The van der Waals surface area contributed by atoms with Crippen molar-refractivity contribution in [3.8, 4) is 5.75 Å². The largest absolute Gasteiger partial charge is 0.508 e. The first-order chi connectivity index (χ1) is 12.2. The van der Waals surface area contributed by atoms with Crippen molar-refractivity contribution < 1.29 is 14.4 Å². The molecule has 4 rings (SSSR count). The van der Waals surface area contributed by atoms with Crippen molar-refractivity contribution in [2.24, 2.45) is 5.41 Å².